The minimum atomic E-state index is 0.0692. The number of ether oxygens (including phenoxy) is 1. The highest BCUT2D eigenvalue weighted by Crippen LogP contribution is 2.30. The van der Waals surface area contributed by atoms with Gasteiger partial charge in [-0.3, -0.25) is 0 Å². The molecule has 0 bridgehead atoms. The summed E-state index contributed by atoms with van der Waals surface area (Å²) in [7, 11) is 0. The Hall–Kier alpha value is -1.27. The molecule has 78 valence electrons. The van der Waals surface area contributed by atoms with E-state index in [1.54, 1.807) is 12.1 Å². The fourth-order valence-electron chi connectivity index (χ4n) is 1.15. The number of benzene rings is 1. The van der Waals surface area contributed by atoms with Crippen LogP contribution in [0.4, 0.5) is 5.69 Å². The van der Waals surface area contributed by atoms with Crippen molar-refractivity contribution < 1.29 is 4.74 Å². The van der Waals surface area contributed by atoms with Gasteiger partial charge in [-0.15, -0.1) is 6.58 Å². The Labute approximate surface area is 98.5 Å². The standard InChI is InChI=1S/C12H12BrNO/c1-4-5-9(2)15-12-8-10(14-3)6-7-11(12)13/h4,6-9H,1,5H2,2H3/t9-/m0/s1. The van der Waals surface area contributed by atoms with E-state index < -0.39 is 0 Å². The average Bonchev–Trinajstić information content (AvgIpc) is 2.21. The summed E-state index contributed by atoms with van der Waals surface area (Å²) in [6, 6.07) is 5.31. The van der Waals surface area contributed by atoms with Crippen molar-refractivity contribution in [2.24, 2.45) is 0 Å². The van der Waals surface area contributed by atoms with E-state index in [-0.39, 0.29) is 6.10 Å². The van der Waals surface area contributed by atoms with E-state index in [4.69, 9.17) is 11.3 Å². The van der Waals surface area contributed by atoms with Crippen molar-refractivity contribution in [3.8, 4) is 5.75 Å². The molecule has 0 N–H and O–H groups in total. The van der Waals surface area contributed by atoms with Crippen molar-refractivity contribution >= 4 is 21.6 Å². The fraction of sp³-hybridized carbons (Fsp3) is 0.250. The molecule has 0 spiro atoms. The smallest absolute Gasteiger partial charge is 0.190 e. The monoisotopic (exact) mass is 265 g/mol. The van der Waals surface area contributed by atoms with Gasteiger partial charge in [-0.1, -0.05) is 18.2 Å². The van der Waals surface area contributed by atoms with Crippen LogP contribution in [0.1, 0.15) is 13.3 Å². The molecule has 0 aromatic heterocycles. The third-order valence-corrected chi connectivity index (χ3v) is 2.53. The summed E-state index contributed by atoms with van der Waals surface area (Å²) in [4.78, 5) is 3.35. The molecule has 0 aliphatic rings. The summed E-state index contributed by atoms with van der Waals surface area (Å²) in [5.41, 5.74) is 0.582. The van der Waals surface area contributed by atoms with Crippen molar-refractivity contribution in [3.05, 3.63) is 46.7 Å². The number of hydrogen-bond acceptors (Lipinski definition) is 1. The zero-order chi connectivity index (χ0) is 11.3. The van der Waals surface area contributed by atoms with Gasteiger partial charge >= 0.3 is 0 Å². The first kappa shape index (κ1) is 11.8. The van der Waals surface area contributed by atoms with Crippen LogP contribution in [-0.4, -0.2) is 6.10 Å². The van der Waals surface area contributed by atoms with Crippen molar-refractivity contribution in [1.29, 1.82) is 0 Å². The fourth-order valence-corrected chi connectivity index (χ4v) is 1.49. The lowest BCUT2D eigenvalue weighted by atomic mass is 10.2. The van der Waals surface area contributed by atoms with Gasteiger partial charge in [0.1, 0.15) is 5.75 Å². The van der Waals surface area contributed by atoms with Gasteiger partial charge in [0.15, 0.2) is 5.69 Å². The van der Waals surface area contributed by atoms with Crippen molar-refractivity contribution in [2.75, 3.05) is 0 Å². The highest BCUT2D eigenvalue weighted by atomic mass is 79.9. The summed E-state index contributed by atoms with van der Waals surface area (Å²) in [5, 5.41) is 0. The number of hydrogen-bond donors (Lipinski definition) is 0. The summed E-state index contributed by atoms with van der Waals surface area (Å²) in [5.74, 6) is 0.706. The first-order valence-corrected chi connectivity index (χ1v) is 5.41. The zero-order valence-corrected chi connectivity index (χ0v) is 10.1. The van der Waals surface area contributed by atoms with Crippen LogP contribution in [0.25, 0.3) is 4.85 Å². The third kappa shape index (κ3) is 3.41. The molecule has 1 rings (SSSR count). The van der Waals surface area contributed by atoms with Gasteiger partial charge < -0.3 is 4.74 Å². The first-order chi connectivity index (χ1) is 7.17. The summed E-state index contributed by atoms with van der Waals surface area (Å²) in [6.45, 7) is 12.5. The predicted molar refractivity (Wildman–Crippen MR) is 65.3 cm³/mol. The molecule has 0 unspecified atom stereocenters. The second-order valence-corrected chi connectivity index (χ2v) is 4.03. The Morgan fingerprint density at radius 1 is 1.67 bits per heavy atom. The largest absolute Gasteiger partial charge is 0.491 e. The molecular weight excluding hydrogens is 254 g/mol. The van der Waals surface area contributed by atoms with Crippen LogP contribution >= 0.6 is 15.9 Å². The van der Waals surface area contributed by atoms with Gasteiger partial charge in [-0.25, -0.2) is 4.85 Å². The second-order valence-electron chi connectivity index (χ2n) is 3.18. The van der Waals surface area contributed by atoms with E-state index in [1.165, 1.54) is 0 Å². The van der Waals surface area contributed by atoms with Crippen LogP contribution in [0.3, 0.4) is 0 Å². The molecule has 0 fully saturated rings. The van der Waals surface area contributed by atoms with Crippen LogP contribution < -0.4 is 4.74 Å². The Balaban J connectivity index is 2.84. The highest BCUT2D eigenvalue weighted by Gasteiger charge is 2.06. The Bertz CT molecular complexity index is 395. The summed E-state index contributed by atoms with van der Waals surface area (Å²) in [6.07, 6.45) is 2.67. The normalized spacial score (nSPS) is 11.5. The number of halogens is 1. The molecule has 1 aromatic carbocycles. The average molecular weight is 266 g/mol. The van der Waals surface area contributed by atoms with E-state index >= 15 is 0 Å². The van der Waals surface area contributed by atoms with Gasteiger partial charge in [0.05, 0.1) is 17.1 Å². The predicted octanol–water partition coefficient (Wildman–Crippen LogP) is 4.34. The third-order valence-electron chi connectivity index (χ3n) is 1.87. The Morgan fingerprint density at radius 3 is 3.00 bits per heavy atom. The van der Waals surface area contributed by atoms with Gasteiger partial charge in [-0.05, 0) is 28.9 Å². The van der Waals surface area contributed by atoms with Crippen molar-refractivity contribution in [3.63, 3.8) is 0 Å². The molecule has 1 atom stereocenters. The molecule has 0 aliphatic carbocycles. The van der Waals surface area contributed by atoms with Gasteiger partial charge in [0.2, 0.25) is 0 Å². The quantitative estimate of drug-likeness (QED) is 0.583. The maximum absolute atomic E-state index is 6.91. The second kappa shape index (κ2) is 5.57. The molecule has 0 radical (unpaired) electrons. The van der Waals surface area contributed by atoms with Gasteiger partial charge in [0, 0.05) is 6.42 Å². The van der Waals surface area contributed by atoms with Crippen LogP contribution in [0, 0.1) is 6.57 Å². The summed E-state index contributed by atoms with van der Waals surface area (Å²) < 4.78 is 6.53. The maximum Gasteiger partial charge on any atom is 0.190 e. The molecule has 0 amide bonds. The minimum Gasteiger partial charge on any atom is -0.491 e. The minimum absolute atomic E-state index is 0.0692. The lowest BCUT2D eigenvalue weighted by Crippen LogP contribution is -2.10. The highest BCUT2D eigenvalue weighted by molar-refractivity contribution is 9.10. The number of rotatable bonds is 4. The molecule has 3 heteroatoms. The lowest BCUT2D eigenvalue weighted by Gasteiger charge is -2.14. The van der Waals surface area contributed by atoms with Gasteiger partial charge in [-0.2, -0.15) is 0 Å². The molecular formula is C12H12BrNO. The zero-order valence-electron chi connectivity index (χ0n) is 8.53. The first-order valence-electron chi connectivity index (χ1n) is 4.62. The molecule has 0 saturated carbocycles. The molecule has 0 saturated heterocycles. The summed E-state index contributed by atoms with van der Waals surface area (Å²) >= 11 is 3.39. The van der Waals surface area contributed by atoms with Crippen molar-refractivity contribution in [2.45, 2.75) is 19.4 Å². The molecule has 0 aliphatic heterocycles. The van der Waals surface area contributed by atoms with Crippen LogP contribution in [0.2, 0.25) is 0 Å². The topological polar surface area (TPSA) is 13.6 Å². The number of nitrogens with zero attached hydrogens (tertiary/aromatic N) is 1. The van der Waals surface area contributed by atoms with Crippen molar-refractivity contribution in [1.82, 2.24) is 0 Å². The van der Waals surface area contributed by atoms with E-state index in [9.17, 15) is 0 Å². The lowest BCUT2D eigenvalue weighted by molar-refractivity contribution is 0.224. The van der Waals surface area contributed by atoms with Crippen LogP contribution in [0.15, 0.2) is 35.3 Å². The molecule has 0 heterocycles. The SMILES string of the molecule is [C-]#[N+]c1ccc(Br)c(O[C@@H](C)CC=C)c1. The van der Waals surface area contributed by atoms with E-state index in [0.717, 1.165) is 10.9 Å². The molecule has 1 aromatic rings. The van der Waals surface area contributed by atoms with Crippen LogP contribution in [0.5, 0.6) is 5.75 Å². The van der Waals surface area contributed by atoms with E-state index in [1.807, 2.05) is 19.1 Å². The van der Waals surface area contributed by atoms with Crippen LogP contribution in [-0.2, 0) is 0 Å². The van der Waals surface area contributed by atoms with E-state index in [0.29, 0.717) is 11.4 Å². The Morgan fingerprint density at radius 2 is 2.40 bits per heavy atom. The van der Waals surface area contributed by atoms with Gasteiger partial charge in [0.25, 0.3) is 0 Å². The van der Waals surface area contributed by atoms with E-state index in [2.05, 4.69) is 27.4 Å². The Kier molecular flexibility index (Phi) is 4.38. The maximum atomic E-state index is 6.91. The molecule has 2 nitrogen and oxygen atoms in total. The molecule has 15 heavy (non-hydrogen) atoms.